The number of amides is 1. The van der Waals surface area contributed by atoms with E-state index in [0.717, 1.165) is 5.56 Å². The van der Waals surface area contributed by atoms with Crippen molar-refractivity contribution in [3.63, 3.8) is 0 Å². The zero-order valence-corrected chi connectivity index (χ0v) is 14.9. The first-order valence-corrected chi connectivity index (χ1v) is 10.7. The number of nitrogens with zero attached hydrogens (tertiary/aromatic N) is 1. The van der Waals surface area contributed by atoms with Crippen molar-refractivity contribution in [2.45, 2.75) is 31.6 Å². The summed E-state index contributed by atoms with van der Waals surface area (Å²) in [7, 11) is -6.24. The van der Waals surface area contributed by atoms with Crippen LogP contribution in [0.3, 0.4) is 0 Å². The minimum absolute atomic E-state index is 0.00644. The van der Waals surface area contributed by atoms with E-state index in [0.29, 0.717) is 24.3 Å². The van der Waals surface area contributed by atoms with Crippen LogP contribution in [-0.4, -0.2) is 36.6 Å². The van der Waals surface area contributed by atoms with Crippen LogP contribution in [0.2, 0.25) is 0 Å². The Kier molecular flexibility index (Phi) is 5.59. The van der Waals surface area contributed by atoms with E-state index < -0.39 is 25.8 Å². The third kappa shape index (κ3) is 5.12. The SMILES string of the molecule is CC(=O)N=S1(=O)CCC(COS(=O)(=O)c2ccc(C)cc2)CC1. The summed E-state index contributed by atoms with van der Waals surface area (Å²) >= 11 is 0. The van der Waals surface area contributed by atoms with Crippen LogP contribution >= 0.6 is 0 Å². The molecular formula is C15H21NO5S2. The second-order valence-electron chi connectivity index (χ2n) is 5.79. The number of carbonyl (C=O) groups is 1. The molecule has 0 spiro atoms. The van der Waals surface area contributed by atoms with Gasteiger partial charge in [0.25, 0.3) is 16.0 Å². The maximum Gasteiger partial charge on any atom is 0.296 e. The second kappa shape index (κ2) is 7.11. The Morgan fingerprint density at radius 3 is 2.35 bits per heavy atom. The molecule has 0 saturated carbocycles. The highest BCUT2D eigenvalue weighted by Gasteiger charge is 2.25. The van der Waals surface area contributed by atoms with Crippen LogP contribution in [-0.2, 0) is 28.8 Å². The monoisotopic (exact) mass is 359 g/mol. The molecule has 1 heterocycles. The topological polar surface area (TPSA) is 89.9 Å². The Morgan fingerprint density at radius 1 is 1.26 bits per heavy atom. The molecule has 1 amide bonds. The molecule has 0 aliphatic carbocycles. The summed E-state index contributed by atoms with van der Waals surface area (Å²) in [6, 6.07) is 6.47. The molecule has 1 aromatic rings. The number of carbonyl (C=O) groups excluding carboxylic acids is 1. The average molecular weight is 359 g/mol. The molecule has 0 aromatic heterocycles. The van der Waals surface area contributed by atoms with Gasteiger partial charge in [-0.05, 0) is 37.8 Å². The first kappa shape index (κ1) is 18.1. The fourth-order valence-electron chi connectivity index (χ4n) is 2.40. The fraction of sp³-hybridized carbons (Fsp3) is 0.533. The Bertz CT molecular complexity index is 776. The molecule has 8 heteroatoms. The summed E-state index contributed by atoms with van der Waals surface area (Å²) in [5.74, 6) is 0.203. The van der Waals surface area contributed by atoms with Crippen LogP contribution in [0.1, 0.15) is 25.3 Å². The summed E-state index contributed by atoms with van der Waals surface area (Å²) in [5.41, 5.74) is 0.972. The molecule has 1 aliphatic heterocycles. The van der Waals surface area contributed by atoms with E-state index in [2.05, 4.69) is 4.36 Å². The van der Waals surface area contributed by atoms with Gasteiger partial charge in [-0.25, -0.2) is 4.21 Å². The standard InChI is InChI=1S/C15H21NO5S2/c1-12-3-5-15(6-4-12)23(19,20)21-11-14-7-9-22(18,10-8-14)16-13(2)17/h3-6,14H,7-11H2,1-2H3. The van der Waals surface area contributed by atoms with Crippen LogP contribution in [0.4, 0.5) is 0 Å². The molecule has 0 bridgehead atoms. The van der Waals surface area contributed by atoms with Gasteiger partial charge >= 0.3 is 0 Å². The Labute approximate surface area is 137 Å². The van der Waals surface area contributed by atoms with Crippen LogP contribution in [0.5, 0.6) is 0 Å². The van der Waals surface area contributed by atoms with Crippen molar-refractivity contribution in [1.82, 2.24) is 0 Å². The lowest BCUT2D eigenvalue weighted by atomic mass is 10.1. The molecule has 6 nitrogen and oxygen atoms in total. The molecule has 23 heavy (non-hydrogen) atoms. The number of aryl methyl sites for hydroxylation is 1. The van der Waals surface area contributed by atoms with Gasteiger partial charge in [-0.3, -0.25) is 8.98 Å². The highest BCUT2D eigenvalue weighted by Crippen LogP contribution is 2.23. The Morgan fingerprint density at radius 2 is 1.83 bits per heavy atom. The summed E-state index contributed by atoms with van der Waals surface area (Å²) in [6.07, 6.45) is 1.08. The lowest BCUT2D eigenvalue weighted by Crippen LogP contribution is -2.27. The predicted octanol–water partition coefficient (Wildman–Crippen LogP) is 2.12. The molecule has 1 aliphatic rings. The van der Waals surface area contributed by atoms with Crippen molar-refractivity contribution in [3.05, 3.63) is 29.8 Å². The quantitative estimate of drug-likeness (QED) is 0.768. The van der Waals surface area contributed by atoms with E-state index in [-0.39, 0.29) is 17.4 Å². The zero-order chi connectivity index (χ0) is 17.1. The molecule has 1 saturated heterocycles. The second-order valence-corrected chi connectivity index (χ2v) is 9.95. The summed E-state index contributed by atoms with van der Waals surface area (Å²) < 4.78 is 45.3. The molecule has 1 aromatic carbocycles. The number of benzene rings is 1. The van der Waals surface area contributed by atoms with E-state index >= 15 is 0 Å². The van der Waals surface area contributed by atoms with Gasteiger partial charge in [0, 0.05) is 18.4 Å². The highest BCUT2D eigenvalue weighted by molar-refractivity contribution is 7.93. The van der Waals surface area contributed by atoms with Crippen molar-refractivity contribution in [2.24, 2.45) is 10.3 Å². The van der Waals surface area contributed by atoms with Crippen LogP contribution in [0, 0.1) is 12.8 Å². The lowest BCUT2D eigenvalue weighted by Gasteiger charge is -2.23. The van der Waals surface area contributed by atoms with E-state index in [1.807, 2.05) is 6.92 Å². The van der Waals surface area contributed by atoms with Gasteiger partial charge in [0.05, 0.1) is 21.2 Å². The molecule has 0 radical (unpaired) electrons. The highest BCUT2D eigenvalue weighted by atomic mass is 32.2. The first-order chi connectivity index (χ1) is 10.7. The smallest absolute Gasteiger partial charge is 0.272 e. The van der Waals surface area contributed by atoms with Gasteiger partial charge < -0.3 is 0 Å². The summed E-state index contributed by atoms with van der Waals surface area (Å²) in [6.45, 7) is 3.23. The third-order valence-electron chi connectivity index (χ3n) is 3.75. The van der Waals surface area contributed by atoms with E-state index in [9.17, 15) is 17.4 Å². The number of rotatable bonds is 4. The van der Waals surface area contributed by atoms with Crippen LogP contribution in [0.15, 0.2) is 33.5 Å². The number of hydrogen-bond acceptors (Lipinski definition) is 5. The van der Waals surface area contributed by atoms with E-state index in [4.69, 9.17) is 4.18 Å². The zero-order valence-electron chi connectivity index (χ0n) is 13.2. The fourth-order valence-corrected chi connectivity index (χ4v) is 5.63. The summed E-state index contributed by atoms with van der Waals surface area (Å²) in [5, 5.41) is 0. The third-order valence-corrected chi connectivity index (χ3v) is 7.39. The lowest BCUT2D eigenvalue weighted by molar-refractivity contribution is -0.115. The Balaban J connectivity index is 1.94. The number of hydrogen-bond donors (Lipinski definition) is 0. The molecule has 0 atom stereocenters. The summed E-state index contributed by atoms with van der Waals surface area (Å²) in [4.78, 5) is 11.1. The average Bonchev–Trinajstić information content (AvgIpc) is 2.46. The van der Waals surface area contributed by atoms with Crippen LogP contribution in [0.25, 0.3) is 0 Å². The molecule has 128 valence electrons. The largest absolute Gasteiger partial charge is 0.296 e. The van der Waals surface area contributed by atoms with Crippen molar-refractivity contribution in [1.29, 1.82) is 0 Å². The van der Waals surface area contributed by atoms with Gasteiger partial charge in [-0.2, -0.15) is 12.8 Å². The molecular weight excluding hydrogens is 338 g/mol. The van der Waals surface area contributed by atoms with Crippen molar-refractivity contribution >= 4 is 25.8 Å². The van der Waals surface area contributed by atoms with Gasteiger partial charge in [-0.15, -0.1) is 0 Å². The maximum atomic E-state index is 12.3. The maximum absolute atomic E-state index is 12.3. The van der Waals surface area contributed by atoms with E-state index in [1.165, 1.54) is 19.1 Å². The predicted molar refractivity (Wildman–Crippen MR) is 88.0 cm³/mol. The molecule has 0 unspecified atom stereocenters. The van der Waals surface area contributed by atoms with Gasteiger partial charge in [-0.1, -0.05) is 17.7 Å². The normalized spacial score (nSPS) is 25.0. The van der Waals surface area contributed by atoms with Crippen molar-refractivity contribution in [3.8, 4) is 0 Å². The Hall–Kier alpha value is -1.25. The molecule has 0 N–H and O–H groups in total. The minimum atomic E-state index is -3.77. The molecule has 1 fully saturated rings. The van der Waals surface area contributed by atoms with Gasteiger partial charge in [0.2, 0.25) is 0 Å². The van der Waals surface area contributed by atoms with Crippen molar-refractivity contribution in [2.75, 3.05) is 18.1 Å². The first-order valence-electron chi connectivity index (χ1n) is 7.39. The molecule has 2 rings (SSSR count). The van der Waals surface area contributed by atoms with E-state index in [1.54, 1.807) is 12.1 Å². The van der Waals surface area contributed by atoms with Gasteiger partial charge in [0.15, 0.2) is 0 Å². The minimum Gasteiger partial charge on any atom is -0.272 e. The van der Waals surface area contributed by atoms with Crippen LogP contribution < -0.4 is 0 Å². The van der Waals surface area contributed by atoms with Gasteiger partial charge in [0.1, 0.15) is 0 Å². The van der Waals surface area contributed by atoms with Crippen molar-refractivity contribution < 1.29 is 21.6 Å².